The van der Waals surface area contributed by atoms with Gasteiger partial charge in [-0.25, -0.2) is 9.78 Å². The second-order valence-corrected chi connectivity index (χ2v) is 4.47. The van der Waals surface area contributed by atoms with Crippen LogP contribution in [0.4, 0.5) is 5.69 Å². The number of H-pyrrole nitrogens is 1. The first-order valence-electron chi connectivity index (χ1n) is 5.68. The summed E-state index contributed by atoms with van der Waals surface area (Å²) in [7, 11) is 0. The molecule has 0 aliphatic heterocycles. The lowest BCUT2D eigenvalue weighted by atomic mass is 10.2. The molecule has 0 saturated carbocycles. The standard InChI is InChI=1S/C12H13N3O3S/c1-3-18-12(17)10-7(2)13-4-8(10)15-11(16)9-5-19-6-14-9/h4-6,13H,3H2,1-2H3,(H,15,16). The van der Waals surface area contributed by atoms with E-state index in [4.69, 9.17) is 4.74 Å². The number of hydrogen-bond acceptors (Lipinski definition) is 5. The lowest BCUT2D eigenvalue weighted by Crippen LogP contribution is -2.15. The van der Waals surface area contributed by atoms with Gasteiger partial charge < -0.3 is 15.0 Å². The number of ether oxygens (including phenoxy) is 1. The van der Waals surface area contributed by atoms with Crippen molar-refractivity contribution < 1.29 is 14.3 Å². The number of carbonyl (C=O) groups is 2. The minimum absolute atomic E-state index is 0.281. The molecule has 100 valence electrons. The first-order valence-corrected chi connectivity index (χ1v) is 6.62. The fraction of sp³-hybridized carbons (Fsp3) is 0.250. The highest BCUT2D eigenvalue weighted by Crippen LogP contribution is 2.21. The molecular formula is C12H13N3O3S. The maximum absolute atomic E-state index is 11.9. The van der Waals surface area contributed by atoms with Crippen molar-refractivity contribution in [3.63, 3.8) is 0 Å². The number of thiazole rings is 1. The van der Waals surface area contributed by atoms with Crippen LogP contribution in [-0.4, -0.2) is 28.5 Å². The van der Waals surface area contributed by atoms with Crippen LogP contribution in [0.3, 0.4) is 0 Å². The van der Waals surface area contributed by atoms with E-state index in [9.17, 15) is 9.59 Å². The van der Waals surface area contributed by atoms with Crippen LogP contribution in [0.25, 0.3) is 0 Å². The molecule has 2 aromatic heterocycles. The Balaban J connectivity index is 2.21. The molecule has 2 heterocycles. The van der Waals surface area contributed by atoms with Gasteiger partial charge in [0.2, 0.25) is 0 Å². The summed E-state index contributed by atoms with van der Waals surface area (Å²) in [6, 6.07) is 0. The van der Waals surface area contributed by atoms with Crippen molar-refractivity contribution in [2.24, 2.45) is 0 Å². The van der Waals surface area contributed by atoms with Crippen molar-refractivity contribution in [2.45, 2.75) is 13.8 Å². The average molecular weight is 279 g/mol. The van der Waals surface area contributed by atoms with Gasteiger partial charge in [0.25, 0.3) is 5.91 Å². The SMILES string of the molecule is CCOC(=O)c1c(NC(=O)c2cscn2)c[nH]c1C. The van der Waals surface area contributed by atoms with E-state index in [-0.39, 0.29) is 12.5 Å². The van der Waals surface area contributed by atoms with Gasteiger partial charge in [0, 0.05) is 17.3 Å². The van der Waals surface area contributed by atoms with Crippen LogP contribution in [0.15, 0.2) is 17.1 Å². The molecule has 0 unspecified atom stereocenters. The maximum atomic E-state index is 11.9. The Morgan fingerprint density at radius 3 is 2.95 bits per heavy atom. The van der Waals surface area contributed by atoms with Gasteiger partial charge in [0.15, 0.2) is 0 Å². The minimum atomic E-state index is -0.463. The molecule has 2 aromatic rings. The minimum Gasteiger partial charge on any atom is -0.462 e. The number of amides is 1. The van der Waals surface area contributed by atoms with Crippen LogP contribution < -0.4 is 5.32 Å². The smallest absolute Gasteiger partial charge is 0.342 e. The summed E-state index contributed by atoms with van der Waals surface area (Å²) in [5.74, 6) is -0.819. The van der Waals surface area contributed by atoms with Gasteiger partial charge in [-0.05, 0) is 13.8 Å². The first kappa shape index (κ1) is 13.3. The summed E-state index contributed by atoms with van der Waals surface area (Å²) in [6.07, 6.45) is 1.56. The molecule has 2 N–H and O–H groups in total. The number of aromatic nitrogens is 2. The summed E-state index contributed by atoms with van der Waals surface area (Å²) in [6.45, 7) is 3.75. The lowest BCUT2D eigenvalue weighted by molar-refractivity contribution is 0.0527. The zero-order chi connectivity index (χ0) is 13.8. The van der Waals surface area contributed by atoms with Crippen molar-refractivity contribution in [2.75, 3.05) is 11.9 Å². The molecule has 0 radical (unpaired) electrons. The number of nitrogens with one attached hydrogen (secondary N) is 2. The van der Waals surface area contributed by atoms with Crippen molar-refractivity contribution in [3.8, 4) is 0 Å². The van der Waals surface area contributed by atoms with Crippen LogP contribution in [-0.2, 0) is 4.74 Å². The normalized spacial score (nSPS) is 10.2. The van der Waals surface area contributed by atoms with Crippen molar-refractivity contribution in [3.05, 3.63) is 34.0 Å². The molecule has 0 aliphatic rings. The molecular weight excluding hydrogens is 266 g/mol. The summed E-state index contributed by atoms with van der Waals surface area (Å²) < 4.78 is 4.96. The largest absolute Gasteiger partial charge is 0.462 e. The maximum Gasteiger partial charge on any atom is 0.342 e. The topological polar surface area (TPSA) is 84.1 Å². The van der Waals surface area contributed by atoms with Crippen LogP contribution in [0.5, 0.6) is 0 Å². The van der Waals surface area contributed by atoms with Crippen LogP contribution >= 0.6 is 11.3 Å². The second kappa shape index (κ2) is 5.66. The number of anilines is 1. The van der Waals surface area contributed by atoms with E-state index in [0.29, 0.717) is 22.6 Å². The number of nitrogens with zero attached hydrogens (tertiary/aromatic N) is 1. The summed E-state index contributed by atoms with van der Waals surface area (Å²) in [4.78, 5) is 30.5. The Morgan fingerprint density at radius 2 is 2.32 bits per heavy atom. The van der Waals surface area contributed by atoms with Gasteiger partial charge >= 0.3 is 5.97 Å². The van der Waals surface area contributed by atoms with E-state index in [1.165, 1.54) is 11.3 Å². The number of esters is 1. The van der Waals surface area contributed by atoms with E-state index >= 15 is 0 Å². The van der Waals surface area contributed by atoms with Gasteiger partial charge in [-0.2, -0.15) is 0 Å². The summed E-state index contributed by atoms with van der Waals surface area (Å²) >= 11 is 1.33. The Morgan fingerprint density at radius 1 is 1.53 bits per heavy atom. The third-order valence-electron chi connectivity index (χ3n) is 2.47. The third kappa shape index (κ3) is 2.82. The molecule has 19 heavy (non-hydrogen) atoms. The van der Waals surface area contributed by atoms with Gasteiger partial charge in [-0.1, -0.05) is 0 Å². The average Bonchev–Trinajstić information content (AvgIpc) is 2.99. The van der Waals surface area contributed by atoms with Crippen LogP contribution in [0.1, 0.15) is 33.5 Å². The Hall–Kier alpha value is -2.15. The highest BCUT2D eigenvalue weighted by molar-refractivity contribution is 7.07. The van der Waals surface area contributed by atoms with E-state index in [2.05, 4.69) is 15.3 Å². The zero-order valence-corrected chi connectivity index (χ0v) is 11.3. The molecule has 2 rings (SSSR count). The predicted octanol–water partition coefficient (Wildman–Crippen LogP) is 2.21. The van der Waals surface area contributed by atoms with E-state index < -0.39 is 5.97 Å². The van der Waals surface area contributed by atoms with Gasteiger partial charge in [0.05, 0.1) is 17.8 Å². The predicted molar refractivity (Wildman–Crippen MR) is 71.6 cm³/mol. The number of aromatic amines is 1. The van der Waals surface area contributed by atoms with Gasteiger partial charge in [-0.3, -0.25) is 4.79 Å². The van der Waals surface area contributed by atoms with Gasteiger partial charge in [-0.15, -0.1) is 11.3 Å². The Bertz CT molecular complexity index is 589. The molecule has 6 nitrogen and oxygen atoms in total. The number of hydrogen-bond donors (Lipinski definition) is 2. The molecule has 1 amide bonds. The third-order valence-corrected chi connectivity index (χ3v) is 3.06. The highest BCUT2D eigenvalue weighted by Gasteiger charge is 2.20. The highest BCUT2D eigenvalue weighted by atomic mass is 32.1. The zero-order valence-electron chi connectivity index (χ0n) is 10.5. The summed E-state index contributed by atoms with van der Waals surface area (Å²) in [5.41, 5.74) is 3.27. The lowest BCUT2D eigenvalue weighted by Gasteiger charge is -2.05. The Labute approximate surface area is 113 Å². The molecule has 0 bridgehead atoms. The van der Waals surface area contributed by atoms with Crippen LogP contribution in [0.2, 0.25) is 0 Å². The Kier molecular flexibility index (Phi) is 3.96. The molecule has 0 aromatic carbocycles. The monoisotopic (exact) mass is 279 g/mol. The van der Waals surface area contributed by atoms with Crippen molar-refractivity contribution in [1.29, 1.82) is 0 Å². The van der Waals surface area contributed by atoms with Crippen LogP contribution in [0, 0.1) is 6.92 Å². The van der Waals surface area contributed by atoms with Crippen molar-refractivity contribution in [1.82, 2.24) is 9.97 Å². The number of carbonyl (C=O) groups excluding carboxylic acids is 2. The molecule has 0 spiro atoms. The molecule has 0 aliphatic carbocycles. The van der Waals surface area contributed by atoms with Gasteiger partial charge in [0.1, 0.15) is 11.3 Å². The molecule has 0 saturated heterocycles. The quantitative estimate of drug-likeness (QED) is 0.840. The van der Waals surface area contributed by atoms with Crippen molar-refractivity contribution >= 4 is 28.9 Å². The fourth-order valence-electron chi connectivity index (χ4n) is 1.60. The summed E-state index contributed by atoms with van der Waals surface area (Å²) in [5, 5.41) is 4.28. The fourth-order valence-corrected chi connectivity index (χ4v) is 2.13. The number of aryl methyl sites for hydroxylation is 1. The van der Waals surface area contributed by atoms with E-state index in [1.54, 1.807) is 30.9 Å². The van der Waals surface area contributed by atoms with E-state index in [0.717, 1.165) is 0 Å². The van der Waals surface area contributed by atoms with E-state index in [1.807, 2.05) is 0 Å². The second-order valence-electron chi connectivity index (χ2n) is 3.75. The molecule has 7 heteroatoms. The number of rotatable bonds is 4. The molecule has 0 fully saturated rings. The molecule has 0 atom stereocenters. The first-order chi connectivity index (χ1) is 9.13.